The van der Waals surface area contributed by atoms with E-state index in [4.69, 9.17) is 9.47 Å². The Bertz CT molecular complexity index is 799. The highest BCUT2D eigenvalue weighted by molar-refractivity contribution is 5.59. The first kappa shape index (κ1) is 15.5. The van der Waals surface area contributed by atoms with Crippen molar-refractivity contribution in [1.29, 1.82) is 0 Å². The molecule has 4 unspecified atom stereocenters. The number of likely N-dealkylation sites (tertiary alicyclic amines) is 1. The maximum absolute atomic E-state index is 9.87. The van der Waals surface area contributed by atoms with Gasteiger partial charge in [-0.1, -0.05) is 12.1 Å². The average molecular weight is 353 g/mol. The Balaban J connectivity index is 1.53. The zero-order chi connectivity index (χ0) is 17.5. The van der Waals surface area contributed by atoms with E-state index in [-0.39, 0.29) is 18.1 Å². The fourth-order valence-electron chi connectivity index (χ4n) is 6.45. The summed E-state index contributed by atoms with van der Waals surface area (Å²) in [5.74, 6) is 3.48. The normalized spacial score (nSPS) is 37.0. The van der Waals surface area contributed by atoms with Crippen LogP contribution in [0.3, 0.4) is 0 Å². The highest BCUT2D eigenvalue weighted by atomic mass is 16.5. The van der Waals surface area contributed by atoms with E-state index in [0.717, 1.165) is 48.8 Å². The summed E-state index contributed by atoms with van der Waals surface area (Å²) in [6, 6.07) is 4.94. The number of methoxy groups -OCH3 is 1. The Morgan fingerprint density at radius 1 is 1.35 bits per heavy atom. The second-order valence-corrected chi connectivity index (χ2v) is 8.90. The number of hydrogen-bond acceptors (Lipinski definition) is 4. The van der Waals surface area contributed by atoms with Crippen molar-refractivity contribution in [3.8, 4) is 5.75 Å². The van der Waals surface area contributed by atoms with Gasteiger partial charge >= 0.3 is 0 Å². The van der Waals surface area contributed by atoms with Crippen molar-refractivity contribution in [3.63, 3.8) is 0 Å². The topological polar surface area (TPSA) is 41.9 Å². The average Bonchev–Trinajstić information content (AvgIpc) is 3.41. The number of aliphatic hydroxyl groups is 1. The zero-order valence-corrected chi connectivity index (χ0v) is 15.4. The molecule has 0 radical (unpaired) electrons. The van der Waals surface area contributed by atoms with Gasteiger partial charge in [0.1, 0.15) is 11.5 Å². The summed E-state index contributed by atoms with van der Waals surface area (Å²) < 4.78 is 12.3. The van der Waals surface area contributed by atoms with E-state index in [2.05, 4.69) is 23.1 Å². The highest BCUT2D eigenvalue weighted by Gasteiger charge is 2.64. The summed E-state index contributed by atoms with van der Waals surface area (Å²) in [6.45, 7) is 2.48. The Hall–Kier alpha value is -1.52. The second kappa shape index (κ2) is 5.26. The number of nitrogens with zero attached hydrogens (tertiary/aromatic N) is 1. The third kappa shape index (κ3) is 1.82. The summed E-state index contributed by atoms with van der Waals surface area (Å²) >= 11 is 0. The second-order valence-electron chi connectivity index (χ2n) is 8.90. The Labute approximate surface area is 154 Å². The van der Waals surface area contributed by atoms with Gasteiger partial charge in [0.25, 0.3) is 0 Å². The highest BCUT2D eigenvalue weighted by Crippen LogP contribution is 2.63. The van der Waals surface area contributed by atoms with Crippen molar-refractivity contribution in [3.05, 3.63) is 40.7 Å². The molecule has 2 fully saturated rings. The van der Waals surface area contributed by atoms with E-state index >= 15 is 0 Å². The molecule has 2 bridgehead atoms. The fourth-order valence-corrected chi connectivity index (χ4v) is 6.45. The molecule has 4 heteroatoms. The lowest BCUT2D eigenvalue weighted by molar-refractivity contribution is -0.0376. The third-order valence-corrected chi connectivity index (χ3v) is 7.76. The standard InChI is InChI=1S/C22H27NO3/c1-25-18-7-6-16-17-10-14-4-5-15(12-24)20-19(14)22(16,21(18)26-20)8-9-23(17)11-13-2-3-13/h4-5,7,13,16-17,21,24H,2-3,6,8-12H2,1H3. The monoisotopic (exact) mass is 353 g/mol. The van der Waals surface area contributed by atoms with Crippen LogP contribution in [0.1, 0.15) is 42.4 Å². The molecule has 4 nitrogen and oxygen atoms in total. The number of ether oxygens (including phenoxy) is 2. The number of hydrogen-bond donors (Lipinski definition) is 1. The minimum absolute atomic E-state index is 0.0152. The molecule has 0 aromatic heterocycles. The van der Waals surface area contributed by atoms with Crippen LogP contribution in [0.25, 0.3) is 0 Å². The smallest absolute Gasteiger partial charge is 0.165 e. The van der Waals surface area contributed by atoms with E-state index in [1.54, 1.807) is 7.11 Å². The van der Waals surface area contributed by atoms with Crippen LogP contribution in [0.5, 0.6) is 5.75 Å². The van der Waals surface area contributed by atoms with E-state index in [0.29, 0.717) is 12.0 Å². The van der Waals surface area contributed by atoms with E-state index in [1.165, 1.54) is 30.5 Å². The summed E-state index contributed by atoms with van der Waals surface area (Å²) in [5, 5.41) is 9.87. The lowest BCUT2D eigenvalue weighted by atomic mass is 9.53. The van der Waals surface area contributed by atoms with Gasteiger partial charge in [-0.3, -0.25) is 4.90 Å². The third-order valence-electron chi connectivity index (χ3n) is 7.76. The summed E-state index contributed by atoms with van der Waals surface area (Å²) in [6.07, 6.45) is 8.44. The largest absolute Gasteiger partial charge is 0.497 e. The molecule has 1 saturated carbocycles. The summed E-state index contributed by atoms with van der Waals surface area (Å²) in [7, 11) is 1.77. The minimum Gasteiger partial charge on any atom is -0.497 e. The lowest BCUT2D eigenvalue weighted by Crippen LogP contribution is -2.64. The van der Waals surface area contributed by atoms with E-state index < -0.39 is 0 Å². The van der Waals surface area contributed by atoms with Gasteiger partial charge in [-0.2, -0.15) is 0 Å². The van der Waals surface area contributed by atoms with Crippen LogP contribution in [0, 0.1) is 11.8 Å². The van der Waals surface area contributed by atoms with Crippen molar-refractivity contribution >= 4 is 0 Å². The number of allylic oxidation sites excluding steroid dienone is 1. The molecule has 1 aromatic carbocycles. The van der Waals surface area contributed by atoms with Gasteiger partial charge in [-0.25, -0.2) is 0 Å². The lowest BCUT2D eigenvalue weighted by Gasteiger charge is -2.57. The molecule has 6 rings (SSSR count). The first-order valence-corrected chi connectivity index (χ1v) is 10.2. The predicted octanol–water partition coefficient (Wildman–Crippen LogP) is 2.77. The summed E-state index contributed by atoms with van der Waals surface area (Å²) in [5.41, 5.74) is 3.82. The molecular weight excluding hydrogens is 326 g/mol. The van der Waals surface area contributed by atoms with Crippen molar-refractivity contribution in [2.45, 2.75) is 56.3 Å². The molecule has 2 heterocycles. The molecule has 26 heavy (non-hydrogen) atoms. The molecular formula is C22H27NO3. The molecule has 5 aliphatic rings. The molecule has 1 N–H and O–H groups in total. The fraction of sp³-hybridized carbons (Fsp3) is 0.636. The molecule has 3 aliphatic carbocycles. The van der Waals surface area contributed by atoms with Gasteiger partial charge in [0, 0.05) is 29.1 Å². The molecule has 138 valence electrons. The first-order valence-electron chi connectivity index (χ1n) is 10.2. The maximum atomic E-state index is 9.87. The van der Waals surface area contributed by atoms with Gasteiger partial charge in [0.15, 0.2) is 6.10 Å². The minimum atomic E-state index is -0.0152. The van der Waals surface area contributed by atoms with Crippen molar-refractivity contribution in [2.75, 3.05) is 20.2 Å². The van der Waals surface area contributed by atoms with Gasteiger partial charge in [0.05, 0.1) is 13.7 Å². The zero-order valence-electron chi connectivity index (χ0n) is 15.4. The Kier molecular flexibility index (Phi) is 3.14. The number of aliphatic hydroxyl groups excluding tert-OH is 1. The molecule has 1 spiro atoms. The van der Waals surface area contributed by atoms with Crippen LogP contribution in [0.15, 0.2) is 24.0 Å². The van der Waals surface area contributed by atoms with Gasteiger partial charge in [-0.05, 0) is 62.1 Å². The van der Waals surface area contributed by atoms with Gasteiger partial charge in [0.2, 0.25) is 0 Å². The maximum Gasteiger partial charge on any atom is 0.165 e. The number of rotatable bonds is 4. The van der Waals surface area contributed by atoms with Crippen LogP contribution >= 0.6 is 0 Å². The first-order chi connectivity index (χ1) is 12.8. The quantitative estimate of drug-likeness (QED) is 0.904. The molecule has 4 atom stereocenters. The van der Waals surface area contributed by atoms with Crippen LogP contribution < -0.4 is 4.74 Å². The van der Waals surface area contributed by atoms with Crippen molar-refractivity contribution in [1.82, 2.24) is 4.90 Å². The SMILES string of the molecule is COC1=CCC2C3Cc4ccc(CO)c5c4C2(CCN3CC2CC2)C1O5. The van der Waals surface area contributed by atoms with E-state index in [1.807, 2.05) is 0 Å². The molecule has 2 aliphatic heterocycles. The molecule has 1 saturated heterocycles. The van der Waals surface area contributed by atoms with Gasteiger partial charge in [-0.15, -0.1) is 0 Å². The summed E-state index contributed by atoms with van der Waals surface area (Å²) in [4.78, 5) is 2.79. The Morgan fingerprint density at radius 2 is 2.23 bits per heavy atom. The number of piperidine rings is 1. The molecule has 1 aromatic rings. The van der Waals surface area contributed by atoms with Gasteiger partial charge < -0.3 is 14.6 Å². The van der Waals surface area contributed by atoms with Crippen molar-refractivity contribution in [2.24, 2.45) is 11.8 Å². The van der Waals surface area contributed by atoms with Crippen LogP contribution in [0.4, 0.5) is 0 Å². The molecule has 0 amide bonds. The van der Waals surface area contributed by atoms with Crippen molar-refractivity contribution < 1.29 is 14.6 Å². The van der Waals surface area contributed by atoms with Crippen LogP contribution in [0.2, 0.25) is 0 Å². The van der Waals surface area contributed by atoms with Crippen LogP contribution in [-0.4, -0.2) is 42.4 Å². The Morgan fingerprint density at radius 3 is 3.00 bits per heavy atom. The number of benzene rings is 1. The predicted molar refractivity (Wildman–Crippen MR) is 98.1 cm³/mol. The van der Waals surface area contributed by atoms with Crippen LogP contribution in [-0.2, 0) is 23.2 Å². The van der Waals surface area contributed by atoms with E-state index in [9.17, 15) is 5.11 Å².